The highest BCUT2D eigenvalue weighted by Gasteiger charge is 2.21. The Labute approximate surface area is 211 Å². The molecule has 2 aliphatic rings. The quantitative estimate of drug-likeness (QED) is 0.488. The van der Waals surface area contributed by atoms with Gasteiger partial charge in [-0.3, -0.25) is 4.79 Å². The third-order valence-electron chi connectivity index (χ3n) is 6.29. The van der Waals surface area contributed by atoms with Gasteiger partial charge in [-0.1, -0.05) is 6.08 Å². The van der Waals surface area contributed by atoms with Gasteiger partial charge in [0.15, 0.2) is 11.8 Å². The smallest absolute Gasteiger partial charge is 0.410 e. The average Bonchev–Trinajstić information content (AvgIpc) is 2.90. The van der Waals surface area contributed by atoms with E-state index in [-0.39, 0.29) is 18.0 Å². The zero-order valence-corrected chi connectivity index (χ0v) is 20.8. The molecule has 0 atom stereocenters. The normalized spacial score (nSPS) is 16.9. The van der Waals surface area contributed by atoms with Crippen molar-refractivity contribution in [2.24, 2.45) is 10.7 Å². The fourth-order valence-corrected chi connectivity index (χ4v) is 4.21. The average molecular weight is 492 g/mol. The second-order valence-corrected chi connectivity index (χ2v) is 8.79. The van der Waals surface area contributed by atoms with Crippen LogP contribution in [0.3, 0.4) is 0 Å². The minimum absolute atomic E-state index is 0.0386. The van der Waals surface area contributed by atoms with E-state index in [0.29, 0.717) is 37.5 Å². The van der Waals surface area contributed by atoms with Gasteiger partial charge in [0.05, 0.1) is 6.61 Å². The fourth-order valence-electron chi connectivity index (χ4n) is 4.21. The zero-order valence-electron chi connectivity index (χ0n) is 20.8. The van der Waals surface area contributed by atoms with E-state index in [1.165, 1.54) is 0 Å². The number of carbonyl (C=O) groups excluding carboxylic acids is 2. The molecule has 1 aromatic heterocycles. The lowest BCUT2D eigenvalue weighted by Gasteiger charge is -2.32. The van der Waals surface area contributed by atoms with Crippen molar-refractivity contribution in [3.05, 3.63) is 59.8 Å². The van der Waals surface area contributed by atoms with Crippen molar-refractivity contribution in [1.82, 2.24) is 19.7 Å². The second kappa shape index (κ2) is 11.7. The molecule has 0 radical (unpaired) electrons. The SMILES string of the molecule is CCOC(=O)N1CC=C(c2cccnc2N=C(N)Nc2ccc(C(=O)N3CCN(C)CC3)cc2)CC1. The Bertz CT molecular complexity index is 1140. The van der Waals surface area contributed by atoms with E-state index in [9.17, 15) is 9.59 Å². The summed E-state index contributed by atoms with van der Waals surface area (Å²) in [6.45, 7) is 6.42. The molecule has 0 unspecified atom stereocenters. The Hall–Kier alpha value is -3.92. The van der Waals surface area contributed by atoms with Crippen LogP contribution in [-0.2, 0) is 4.74 Å². The van der Waals surface area contributed by atoms with Crippen LogP contribution in [-0.4, -0.2) is 90.6 Å². The lowest BCUT2D eigenvalue weighted by Crippen LogP contribution is -2.47. The summed E-state index contributed by atoms with van der Waals surface area (Å²) in [7, 11) is 2.06. The summed E-state index contributed by atoms with van der Waals surface area (Å²) >= 11 is 0. The Morgan fingerprint density at radius 2 is 1.83 bits per heavy atom. The van der Waals surface area contributed by atoms with Crippen molar-refractivity contribution in [2.45, 2.75) is 13.3 Å². The molecule has 3 N–H and O–H groups in total. The minimum Gasteiger partial charge on any atom is -0.450 e. The van der Waals surface area contributed by atoms with Gasteiger partial charge in [0.1, 0.15) is 0 Å². The molecular weight excluding hydrogens is 458 g/mol. The maximum Gasteiger partial charge on any atom is 0.410 e. The van der Waals surface area contributed by atoms with E-state index in [1.54, 1.807) is 30.2 Å². The van der Waals surface area contributed by atoms with Crippen LogP contribution >= 0.6 is 0 Å². The highest BCUT2D eigenvalue weighted by atomic mass is 16.6. The number of ether oxygens (including phenoxy) is 1. The zero-order chi connectivity index (χ0) is 25.5. The molecular formula is C26H33N7O3. The molecule has 0 bridgehead atoms. The van der Waals surface area contributed by atoms with Crippen LogP contribution in [0, 0.1) is 0 Å². The van der Waals surface area contributed by atoms with Crippen LogP contribution in [0.5, 0.6) is 0 Å². The lowest BCUT2D eigenvalue weighted by atomic mass is 10.0. The first kappa shape index (κ1) is 25.2. The number of nitrogens with zero attached hydrogens (tertiary/aromatic N) is 5. The number of hydrogen-bond acceptors (Lipinski definition) is 6. The molecule has 1 aromatic carbocycles. The molecule has 0 saturated carbocycles. The van der Waals surface area contributed by atoms with Crippen molar-refractivity contribution in [3.63, 3.8) is 0 Å². The Morgan fingerprint density at radius 1 is 1.08 bits per heavy atom. The van der Waals surface area contributed by atoms with Crippen LogP contribution in [0.4, 0.5) is 16.3 Å². The number of anilines is 1. The summed E-state index contributed by atoms with van der Waals surface area (Å²) in [5.74, 6) is 0.731. The first-order valence-corrected chi connectivity index (χ1v) is 12.2. The van der Waals surface area contributed by atoms with Crippen molar-refractivity contribution < 1.29 is 14.3 Å². The van der Waals surface area contributed by atoms with Gasteiger partial charge in [-0.25, -0.2) is 9.78 Å². The van der Waals surface area contributed by atoms with E-state index in [2.05, 4.69) is 27.2 Å². The summed E-state index contributed by atoms with van der Waals surface area (Å²) in [6, 6.07) is 11.0. The molecule has 0 spiro atoms. The van der Waals surface area contributed by atoms with Crippen molar-refractivity contribution in [2.75, 3.05) is 58.2 Å². The fraction of sp³-hybridized carbons (Fsp3) is 0.385. The molecule has 10 heteroatoms. The number of rotatable bonds is 5. The number of nitrogens with two attached hydrogens (primary N) is 1. The molecule has 1 saturated heterocycles. The van der Waals surface area contributed by atoms with Gasteiger partial charge in [-0.15, -0.1) is 0 Å². The summed E-state index contributed by atoms with van der Waals surface area (Å²) in [5, 5.41) is 3.08. The Morgan fingerprint density at radius 3 is 2.50 bits per heavy atom. The van der Waals surface area contributed by atoms with Gasteiger partial charge in [-0.05, 0) is 62.4 Å². The predicted molar refractivity (Wildman–Crippen MR) is 140 cm³/mol. The number of piperazine rings is 1. The largest absolute Gasteiger partial charge is 0.450 e. The monoisotopic (exact) mass is 491 g/mol. The Balaban J connectivity index is 1.41. The molecule has 1 fully saturated rings. The number of carbonyl (C=O) groups is 2. The predicted octanol–water partition coefficient (Wildman–Crippen LogP) is 2.77. The number of hydrogen-bond donors (Lipinski definition) is 2. The van der Waals surface area contributed by atoms with E-state index in [4.69, 9.17) is 10.5 Å². The lowest BCUT2D eigenvalue weighted by molar-refractivity contribution is 0.0664. The van der Waals surface area contributed by atoms with Crippen LogP contribution in [0.1, 0.15) is 29.3 Å². The second-order valence-electron chi connectivity index (χ2n) is 8.79. The van der Waals surface area contributed by atoms with Gasteiger partial charge in [0, 0.05) is 62.3 Å². The number of amides is 2. The van der Waals surface area contributed by atoms with Crippen LogP contribution in [0.15, 0.2) is 53.7 Å². The molecule has 0 aliphatic carbocycles. The van der Waals surface area contributed by atoms with Gasteiger partial charge in [0.2, 0.25) is 0 Å². The number of aromatic nitrogens is 1. The third kappa shape index (κ3) is 6.19. The first-order chi connectivity index (χ1) is 17.4. The standard InChI is InChI=1S/C26H33N7O3/c1-3-36-26(35)33-13-10-19(11-14-33)22-5-4-12-28-23(22)30-25(27)29-21-8-6-20(7-9-21)24(34)32-17-15-31(2)16-18-32/h4-10,12H,3,11,13-18H2,1-2H3,(H3,27,28,29,30). The van der Waals surface area contributed by atoms with Crippen molar-refractivity contribution in [3.8, 4) is 0 Å². The van der Waals surface area contributed by atoms with E-state index >= 15 is 0 Å². The highest BCUT2D eigenvalue weighted by Crippen LogP contribution is 2.29. The number of benzene rings is 1. The summed E-state index contributed by atoms with van der Waals surface area (Å²) < 4.78 is 5.09. The molecule has 3 heterocycles. The number of guanidine groups is 1. The van der Waals surface area contributed by atoms with Gasteiger partial charge < -0.3 is 30.5 Å². The molecule has 36 heavy (non-hydrogen) atoms. The van der Waals surface area contributed by atoms with Crippen LogP contribution in [0.2, 0.25) is 0 Å². The third-order valence-corrected chi connectivity index (χ3v) is 6.29. The topological polar surface area (TPSA) is 116 Å². The van der Waals surface area contributed by atoms with E-state index in [1.807, 2.05) is 35.2 Å². The Kier molecular flexibility index (Phi) is 8.17. The van der Waals surface area contributed by atoms with Crippen LogP contribution < -0.4 is 11.1 Å². The maximum atomic E-state index is 12.8. The van der Waals surface area contributed by atoms with Gasteiger partial charge >= 0.3 is 6.09 Å². The number of nitrogens with one attached hydrogen (secondary N) is 1. The summed E-state index contributed by atoms with van der Waals surface area (Å²) in [6.07, 6.45) is 4.03. The van der Waals surface area contributed by atoms with Crippen LogP contribution in [0.25, 0.3) is 5.57 Å². The number of aliphatic imine (C=N–C) groups is 1. The molecule has 2 amide bonds. The van der Waals surface area contributed by atoms with Gasteiger partial charge in [-0.2, -0.15) is 4.99 Å². The minimum atomic E-state index is -0.304. The molecule has 190 valence electrons. The molecule has 2 aliphatic heterocycles. The van der Waals surface area contributed by atoms with Crippen molar-refractivity contribution in [1.29, 1.82) is 0 Å². The van der Waals surface area contributed by atoms with E-state index < -0.39 is 0 Å². The first-order valence-electron chi connectivity index (χ1n) is 12.2. The number of likely N-dealkylation sites (N-methyl/N-ethyl adjacent to an activating group) is 1. The van der Waals surface area contributed by atoms with Crippen molar-refractivity contribution >= 4 is 35.0 Å². The summed E-state index contributed by atoms with van der Waals surface area (Å²) in [5.41, 5.74) is 9.49. The molecule has 2 aromatic rings. The number of pyridine rings is 1. The van der Waals surface area contributed by atoms with E-state index in [0.717, 1.165) is 43.0 Å². The molecule has 4 rings (SSSR count). The maximum absolute atomic E-state index is 12.8. The highest BCUT2D eigenvalue weighted by molar-refractivity contribution is 5.97. The van der Waals surface area contributed by atoms with Gasteiger partial charge in [0.25, 0.3) is 5.91 Å². The summed E-state index contributed by atoms with van der Waals surface area (Å²) in [4.78, 5) is 39.4. The molecule has 10 nitrogen and oxygen atoms in total.